The van der Waals surface area contributed by atoms with E-state index in [2.05, 4.69) is 20.1 Å². The molecule has 0 aliphatic rings. The molecule has 4 rings (SSSR count). The van der Waals surface area contributed by atoms with E-state index in [-0.39, 0.29) is 48.6 Å². The van der Waals surface area contributed by atoms with Crippen molar-refractivity contribution < 1.29 is 19.0 Å². The molecule has 0 spiro atoms. The lowest BCUT2D eigenvalue weighted by Gasteiger charge is -2.19. The molecule has 0 bridgehead atoms. The van der Waals surface area contributed by atoms with Crippen LogP contribution in [0.3, 0.4) is 0 Å². The summed E-state index contributed by atoms with van der Waals surface area (Å²) in [6.45, 7) is -0.412. The number of benzene rings is 2. The van der Waals surface area contributed by atoms with E-state index in [0.717, 1.165) is 10.2 Å². The zero-order valence-corrected chi connectivity index (χ0v) is 19.3. The number of nitrogens with two attached hydrogens (primary N) is 1. The van der Waals surface area contributed by atoms with Crippen molar-refractivity contribution in [1.82, 2.24) is 24.7 Å². The molecule has 4 aromatic rings. The van der Waals surface area contributed by atoms with Gasteiger partial charge in [-0.3, -0.25) is 10.4 Å². The maximum atomic E-state index is 15.7. The van der Waals surface area contributed by atoms with Crippen molar-refractivity contribution in [3.8, 4) is 17.4 Å². The Morgan fingerprint density at radius 3 is 2.61 bits per heavy atom. The molecule has 186 valence electrons. The van der Waals surface area contributed by atoms with E-state index >= 15 is 4.39 Å². The molecule has 0 aliphatic carbocycles. The van der Waals surface area contributed by atoms with Crippen LogP contribution in [0.4, 0.5) is 4.39 Å². The van der Waals surface area contributed by atoms with Crippen molar-refractivity contribution in [2.75, 3.05) is 20.3 Å². The first-order valence-electron chi connectivity index (χ1n) is 10.9. The Morgan fingerprint density at radius 2 is 1.97 bits per heavy atom. The van der Waals surface area contributed by atoms with Gasteiger partial charge < -0.3 is 20.3 Å². The summed E-state index contributed by atoms with van der Waals surface area (Å²) in [6, 6.07) is 11.4. The number of nitrogen functional groups attached to an aromatic ring is 1. The van der Waals surface area contributed by atoms with Crippen LogP contribution >= 0.6 is 0 Å². The molecule has 0 saturated carbocycles. The average Bonchev–Trinajstić information content (AvgIpc) is 3.28. The second kappa shape index (κ2) is 10.8. The van der Waals surface area contributed by atoms with E-state index in [1.54, 1.807) is 30.3 Å². The Balaban J connectivity index is 1.84. The van der Waals surface area contributed by atoms with Crippen molar-refractivity contribution in [1.29, 1.82) is 5.41 Å². The Labute approximate surface area is 204 Å². The third-order valence-electron chi connectivity index (χ3n) is 5.41. The predicted molar refractivity (Wildman–Crippen MR) is 128 cm³/mol. The Morgan fingerprint density at radius 1 is 1.25 bits per heavy atom. The number of aliphatic hydroxyl groups is 1. The molecule has 0 amide bonds. The first kappa shape index (κ1) is 24.5. The third kappa shape index (κ3) is 5.23. The number of nitrogens with one attached hydrogen (secondary N) is 2. The third-order valence-corrected chi connectivity index (χ3v) is 5.41. The normalized spacial score (nSPS) is 11.8. The summed E-state index contributed by atoms with van der Waals surface area (Å²) in [5, 5.41) is 21.1. The molecule has 0 saturated heterocycles. The molecular weight excluding hydrogens is 469 g/mol. The predicted octanol–water partition coefficient (Wildman–Crippen LogP) is 1.53. The van der Waals surface area contributed by atoms with Crippen LogP contribution in [-0.2, 0) is 6.42 Å². The molecule has 2 heterocycles. The molecule has 11 nitrogen and oxygen atoms in total. The lowest BCUT2D eigenvalue weighted by molar-refractivity contribution is 0.195. The van der Waals surface area contributed by atoms with Crippen molar-refractivity contribution in [3.63, 3.8) is 0 Å². The minimum absolute atomic E-state index is 0.0626. The number of amidine groups is 1. The summed E-state index contributed by atoms with van der Waals surface area (Å²) >= 11 is 0. The van der Waals surface area contributed by atoms with Crippen molar-refractivity contribution in [2.24, 2.45) is 5.73 Å². The number of nitrogens with zero attached hydrogens (tertiary/aromatic N) is 4. The van der Waals surface area contributed by atoms with Gasteiger partial charge in [0.2, 0.25) is 0 Å². The maximum absolute atomic E-state index is 15.7. The molecule has 12 heteroatoms. The topological polar surface area (TPSA) is 165 Å². The minimum atomic E-state index is -0.780. The molecule has 0 unspecified atom stereocenters. The summed E-state index contributed by atoms with van der Waals surface area (Å²) in [5.74, 6) is -1.09. The number of halogens is 1. The van der Waals surface area contributed by atoms with Gasteiger partial charge in [0, 0.05) is 29.6 Å². The van der Waals surface area contributed by atoms with Gasteiger partial charge in [-0.25, -0.2) is 19.2 Å². The highest BCUT2D eigenvalue weighted by atomic mass is 19.1. The number of aliphatic hydroxyl groups excluding tert-OH is 1. The summed E-state index contributed by atoms with van der Waals surface area (Å²) < 4.78 is 27.4. The minimum Gasteiger partial charge on any atom is -0.497 e. The van der Waals surface area contributed by atoms with Crippen LogP contribution in [0.25, 0.3) is 5.95 Å². The quantitative estimate of drug-likeness (QED) is 0.191. The van der Waals surface area contributed by atoms with E-state index in [1.807, 2.05) is 0 Å². The number of ether oxygens (including phenoxy) is 2. The molecule has 2 aromatic heterocycles. The van der Waals surface area contributed by atoms with Crippen LogP contribution in [0.1, 0.15) is 28.4 Å². The summed E-state index contributed by atoms with van der Waals surface area (Å²) in [4.78, 5) is 23.5. The van der Waals surface area contributed by atoms with Gasteiger partial charge in [0.25, 0.3) is 5.95 Å². The molecule has 5 N–H and O–H groups in total. The number of hydrogen-bond acceptors (Lipinski definition) is 8. The van der Waals surface area contributed by atoms with Gasteiger partial charge in [-0.15, -0.1) is 9.78 Å². The Hall–Kier alpha value is -4.58. The molecule has 0 radical (unpaired) electrons. The smallest absolute Gasteiger partial charge is 0.350 e. The van der Waals surface area contributed by atoms with Gasteiger partial charge in [-0.1, -0.05) is 24.3 Å². The van der Waals surface area contributed by atoms with Gasteiger partial charge >= 0.3 is 5.69 Å². The van der Waals surface area contributed by atoms with Crippen molar-refractivity contribution >= 4 is 5.84 Å². The van der Waals surface area contributed by atoms with Crippen LogP contribution in [0, 0.1) is 11.2 Å². The zero-order valence-electron chi connectivity index (χ0n) is 19.3. The highest BCUT2D eigenvalue weighted by Gasteiger charge is 2.27. The monoisotopic (exact) mass is 493 g/mol. The molecule has 1 atom stereocenters. The largest absolute Gasteiger partial charge is 0.497 e. The average molecular weight is 493 g/mol. The standard InChI is InChI=1S/C24H24FN7O4/c1-35-16-12-17(20(25)19(13-16)36-10-9-33)18(11-14-3-5-15(6-4-14)21(26)27)22-30-24(34)32(31-22)23-28-7-2-8-29-23/h2-8,12-13,18,33H,9-11H2,1H3,(H3,26,27)(H,30,31,34)/t18-/m1/s1. The highest BCUT2D eigenvalue weighted by molar-refractivity contribution is 5.94. The summed E-state index contributed by atoms with van der Waals surface area (Å²) in [6.07, 6.45) is 3.18. The number of H-pyrrole nitrogens is 1. The number of methoxy groups -OCH3 is 1. The maximum Gasteiger partial charge on any atom is 0.350 e. The number of rotatable bonds is 10. The Bertz CT molecular complexity index is 1400. The lowest BCUT2D eigenvalue weighted by Crippen LogP contribution is -2.18. The van der Waals surface area contributed by atoms with Gasteiger partial charge in [-0.05, 0) is 24.1 Å². The van der Waals surface area contributed by atoms with Crippen molar-refractivity contribution in [2.45, 2.75) is 12.3 Å². The fraction of sp³-hybridized carbons (Fsp3) is 0.208. The van der Waals surface area contributed by atoms with Gasteiger partial charge in [0.1, 0.15) is 24.0 Å². The van der Waals surface area contributed by atoms with E-state index in [0.29, 0.717) is 11.3 Å². The van der Waals surface area contributed by atoms with E-state index < -0.39 is 17.4 Å². The molecule has 0 fully saturated rings. The summed E-state index contributed by atoms with van der Waals surface area (Å²) in [7, 11) is 1.44. The van der Waals surface area contributed by atoms with Crippen LogP contribution in [0.5, 0.6) is 11.5 Å². The molecule has 0 aliphatic heterocycles. The molecule has 2 aromatic carbocycles. The highest BCUT2D eigenvalue weighted by Crippen LogP contribution is 2.36. The van der Waals surface area contributed by atoms with Gasteiger partial charge in [-0.2, -0.15) is 0 Å². The Kier molecular flexibility index (Phi) is 7.35. The number of hydrogen-bond donors (Lipinski definition) is 4. The SMILES string of the molecule is COc1cc(OCCO)c(F)c([C@@H](Cc2ccc(C(=N)N)cc2)c2nn(-c3ncccn3)c(=O)[nH]2)c1. The fourth-order valence-electron chi connectivity index (χ4n) is 3.67. The lowest BCUT2D eigenvalue weighted by atomic mass is 9.90. The van der Waals surface area contributed by atoms with Crippen LogP contribution in [0.2, 0.25) is 0 Å². The van der Waals surface area contributed by atoms with Crippen LogP contribution < -0.4 is 20.9 Å². The van der Waals surface area contributed by atoms with E-state index in [9.17, 15) is 4.79 Å². The first-order valence-corrected chi connectivity index (χ1v) is 10.9. The second-order valence-electron chi connectivity index (χ2n) is 7.74. The van der Waals surface area contributed by atoms with Crippen molar-refractivity contribution in [3.05, 3.63) is 93.7 Å². The van der Waals surface area contributed by atoms with Gasteiger partial charge in [0.15, 0.2) is 11.6 Å². The van der Waals surface area contributed by atoms with E-state index in [4.69, 9.17) is 25.7 Å². The number of aromatic nitrogens is 5. The summed E-state index contributed by atoms with van der Waals surface area (Å²) in [5.41, 5.74) is 6.44. The van der Waals surface area contributed by atoms with Crippen LogP contribution in [0.15, 0.2) is 59.7 Å². The zero-order chi connectivity index (χ0) is 25.7. The van der Waals surface area contributed by atoms with Gasteiger partial charge in [0.05, 0.1) is 19.6 Å². The second-order valence-corrected chi connectivity index (χ2v) is 7.74. The van der Waals surface area contributed by atoms with Crippen LogP contribution in [-0.4, -0.2) is 56.0 Å². The number of aromatic amines is 1. The molecular formula is C24H24FN7O4. The van der Waals surface area contributed by atoms with E-state index in [1.165, 1.54) is 31.6 Å². The fourth-order valence-corrected chi connectivity index (χ4v) is 3.67. The first-order chi connectivity index (χ1) is 17.4. The molecule has 36 heavy (non-hydrogen) atoms.